The van der Waals surface area contributed by atoms with Crippen LogP contribution in [-0.2, 0) is 11.3 Å². The molecule has 6 nitrogen and oxygen atoms in total. The normalized spacial score (nSPS) is 15.2. The lowest BCUT2D eigenvalue weighted by Crippen LogP contribution is -2.54. The van der Waals surface area contributed by atoms with Crippen LogP contribution in [0.1, 0.15) is 32.3 Å². The fourth-order valence-electron chi connectivity index (χ4n) is 2.92. The third-order valence-corrected chi connectivity index (χ3v) is 4.67. The van der Waals surface area contributed by atoms with Crippen LogP contribution in [0.25, 0.3) is 0 Å². The summed E-state index contributed by atoms with van der Waals surface area (Å²) in [5.74, 6) is 0.0267. The van der Waals surface area contributed by atoms with Gasteiger partial charge in [0.15, 0.2) is 0 Å². The van der Waals surface area contributed by atoms with E-state index in [1.54, 1.807) is 0 Å². The summed E-state index contributed by atoms with van der Waals surface area (Å²) in [7, 11) is 0. The highest BCUT2D eigenvalue weighted by atomic mass is 16.2. The number of urea groups is 1. The van der Waals surface area contributed by atoms with Crippen molar-refractivity contribution in [2.45, 2.75) is 39.3 Å². The van der Waals surface area contributed by atoms with Crippen molar-refractivity contribution in [3.8, 4) is 0 Å². The Morgan fingerprint density at radius 2 is 1.68 bits per heavy atom. The van der Waals surface area contributed by atoms with E-state index < -0.39 is 0 Å². The zero-order chi connectivity index (χ0) is 18.1. The van der Waals surface area contributed by atoms with Gasteiger partial charge in [-0.2, -0.15) is 0 Å². The fraction of sp³-hybridized carbons (Fsp3) is 0.579. The molecule has 1 heterocycles. The molecule has 1 aliphatic rings. The Kier molecular flexibility index (Phi) is 7.73. The van der Waals surface area contributed by atoms with Gasteiger partial charge in [0.25, 0.3) is 0 Å². The van der Waals surface area contributed by atoms with E-state index in [-0.39, 0.29) is 18.0 Å². The third kappa shape index (κ3) is 6.38. The lowest BCUT2D eigenvalue weighted by atomic mass is 10.2. The molecule has 0 aliphatic carbocycles. The molecule has 0 radical (unpaired) electrons. The van der Waals surface area contributed by atoms with Crippen LogP contribution in [0, 0.1) is 0 Å². The molecular weight excluding hydrogens is 316 g/mol. The first-order chi connectivity index (χ1) is 12.1. The second kappa shape index (κ2) is 10.0. The molecule has 1 fully saturated rings. The molecule has 25 heavy (non-hydrogen) atoms. The zero-order valence-corrected chi connectivity index (χ0v) is 15.3. The molecular formula is C19H30N4O2. The number of nitrogens with zero attached hydrogens (tertiary/aromatic N) is 2. The van der Waals surface area contributed by atoms with Crippen LogP contribution in [0.15, 0.2) is 30.3 Å². The lowest BCUT2D eigenvalue weighted by Gasteiger charge is -2.35. The number of hydrogen-bond acceptors (Lipinski definition) is 3. The average molecular weight is 346 g/mol. The third-order valence-electron chi connectivity index (χ3n) is 4.67. The highest BCUT2D eigenvalue weighted by molar-refractivity contribution is 5.78. The Bertz CT molecular complexity index is 538. The lowest BCUT2D eigenvalue weighted by molar-refractivity contribution is -0.122. The van der Waals surface area contributed by atoms with Gasteiger partial charge in [0.2, 0.25) is 5.91 Å². The van der Waals surface area contributed by atoms with Crippen LogP contribution >= 0.6 is 0 Å². The smallest absolute Gasteiger partial charge is 0.317 e. The van der Waals surface area contributed by atoms with Crippen LogP contribution in [0.4, 0.5) is 4.79 Å². The van der Waals surface area contributed by atoms with Gasteiger partial charge in [-0.05, 0) is 18.4 Å². The quantitative estimate of drug-likeness (QED) is 0.791. The summed E-state index contributed by atoms with van der Waals surface area (Å²) in [6, 6.07) is 10.1. The molecule has 3 amide bonds. The van der Waals surface area contributed by atoms with Gasteiger partial charge in [-0.1, -0.05) is 44.2 Å². The highest BCUT2D eigenvalue weighted by Crippen LogP contribution is 2.04. The molecule has 1 saturated heterocycles. The van der Waals surface area contributed by atoms with Crippen LogP contribution in [0.2, 0.25) is 0 Å². The highest BCUT2D eigenvalue weighted by Gasteiger charge is 2.23. The largest absolute Gasteiger partial charge is 0.351 e. The molecule has 1 aromatic carbocycles. The van der Waals surface area contributed by atoms with E-state index in [4.69, 9.17) is 0 Å². The monoisotopic (exact) mass is 346 g/mol. The Labute approximate surface area is 150 Å². The van der Waals surface area contributed by atoms with Crippen LogP contribution in [-0.4, -0.2) is 60.5 Å². The number of hydrogen-bond donors (Lipinski definition) is 2. The van der Waals surface area contributed by atoms with Crippen molar-refractivity contribution >= 4 is 11.9 Å². The van der Waals surface area contributed by atoms with Crippen LogP contribution in [0.5, 0.6) is 0 Å². The summed E-state index contributed by atoms with van der Waals surface area (Å²) < 4.78 is 0. The molecule has 6 heteroatoms. The van der Waals surface area contributed by atoms with Crippen molar-refractivity contribution in [2.75, 3.05) is 32.7 Å². The molecule has 2 N–H and O–H groups in total. The van der Waals surface area contributed by atoms with Crippen molar-refractivity contribution in [1.82, 2.24) is 20.4 Å². The molecule has 0 saturated carbocycles. The Morgan fingerprint density at radius 3 is 2.28 bits per heavy atom. The van der Waals surface area contributed by atoms with Gasteiger partial charge in [0, 0.05) is 38.8 Å². The minimum atomic E-state index is 0.0156. The van der Waals surface area contributed by atoms with E-state index in [0.29, 0.717) is 26.2 Å². The standard InChI is InChI=1S/C19H30N4O2/c1-3-17(4-2)21-19(25)23-12-10-22(11-13-23)15-18(24)20-14-16-8-6-5-7-9-16/h5-9,17H,3-4,10-15H2,1-2H3,(H,20,24)(H,21,25). The summed E-state index contributed by atoms with van der Waals surface area (Å²) in [6.45, 7) is 7.90. The molecule has 0 spiro atoms. The number of benzene rings is 1. The predicted molar refractivity (Wildman–Crippen MR) is 99.2 cm³/mol. The zero-order valence-electron chi connectivity index (χ0n) is 15.3. The first kappa shape index (κ1) is 19.2. The van der Waals surface area contributed by atoms with Gasteiger partial charge in [0.1, 0.15) is 0 Å². The average Bonchev–Trinajstić information content (AvgIpc) is 2.65. The van der Waals surface area contributed by atoms with E-state index in [9.17, 15) is 9.59 Å². The SMILES string of the molecule is CCC(CC)NC(=O)N1CCN(CC(=O)NCc2ccccc2)CC1. The first-order valence-electron chi connectivity index (χ1n) is 9.20. The van der Waals surface area contributed by atoms with E-state index in [1.807, 2.05) is 35.2 Å². The number of amides is 3. The van der Waals surface area contributed by atoms with Crippen molar-refractivity contribution in [3.63, 3.8) is 0 Å². The van der Waals surface area contributed by atoms with E-state index in [1.165, 1.54) is 0 Å². The number of piperazine rings is 1. The summed E-state index contributed by atoms with van der Waals surface area (Å²) in [5.41, 5.74) is 1.10. The first-order valence-corrected chi connectivity index (χ1v) is 9.20. The Hall–Kier alpha value is -2.08. The van der Waals surface area contributed by atoms with Gasteiger partial charge in [-0.25, -0.2) is 4.79 Å². The summed E-state index contributed by atoms with van der Waals surface area (Å²) in [6.07, 6.45) is 1.90. The van der Waals surface area contributed by atoms with Crippen LogP contribution in [0.3, 0.4) is 0 Å². The van der Waals surface area contributed by atoms with Crippen LogP contribution < -0.4 is 10.6 Å². The molecule has 138 valence electrons. The summed E-state index contributed by atoms with van der Waals surface area (Å²) >= 11 is 0. The second-order valence-electron chi connectivity index (χ2n) is 6.49. The van der Waals surface area contributed by atoms with Crippen molar-refractivity contribution in [2.24, 2.45) is 0 Å². The molecule has 0 unspecified atom stereocenters. The molecule has 0 aromatic heterocycles. The molecule has 1 aromatic rings. The van der Waals surface area contributed by atoms with Gasteiger partial charge < -0.3 is 15.5 Å². The maximum absolute atomic E-state index is 12.2. The van der Waals surface area contributed by atoms with Gasteiger partial charge in [-0.3, -0.25) is 9.69 Å². The number of carbonyl (C=O) groups is 2. The van der Waals surface area contributed by atoms with Crippen molar-refractivity contribution < 1.29 is 9.59 Å². The summed E-state index contributed by atoms with van der Waals surface area (Å²) in [4.78, 5) is 28.3. The van der Waals surface area contributed by atoms with E-state index in [0.717, 1.165) is 31.5 Å². The minimum absolute atomic E-state index is 0.0156. The second-order valence-corrected chi connectivity index (χ2v) is 6.49. The maximum Gasteiger partial charge on any atom is 0.317 e. The number of nitrogens with one attached hydrogen (secondary N) is 2. The van der Waals surface area contributed by atoms with E-state index >= 15 is 0 Å². The summed E-state index contributed by atoms with van der Waals surface area (Å²) in [5, 5.41) is 6.02. The Balaban J connectivity index is 1.67. The maximum atomic E-state index is 12.2. The topological polar surface area (TPSA) is 64.7 Å². The number of carbonyl (C=O) groups excluding carboxylic acids is 2. The molecule has 0 bridgehead atoms. The fourth-order valence-corrected chi connectivity index (χ4v) is 2.92. The number of rotatable bonds is 7. The van der Waals surface area contributed by atoms with Crippen molar-refractivity contribution in [1.29, 1.82) is 0 Å². The van der Waals surface area contributed by atoms with Crippen molar-refractivity contribution in [3.05, 3.63) is 35.9 Å². The van der Waals surface area contributed by atoms with Gasteiger partial charge in [0.05, 0.1) is 6.54 Å². The van der Waals surface area contributed by atoms with Gasteiger partial charge >= 0.3 is 6.03 Å². The molecule has 1 aliphatic heterocycles. The minimum Gasteiger partial charge on any atom is -0.351 e. The predicted octanol–water partition coefficient (Wildman–Crippen LogP) is 1.82. The Morgan fingerprint density at radius 1 is 1.04 bits per heavy atom. The van der Waals surface area contributed by atoms with Gasteiger partial charge in [-0.15, -0.1) is 0 Å². The van der Waals surface area contributed by atoms with E-state index in [2.05, 4.69) is 29.4 Å². The molecule has 0 atom stereocenters. The molecule has 2 rings (SSSR count).